The van der Waals surface area contributed by atoms with Crippen molar-refractivity contribution in [3.63, 3.8) is 0 Å². The largest absolute Gasteiger partial charge is 0.365 e. The second-order valence-corrected chi connectivity index (χ2v) is 5.42. The van der Waals surface area contributed by atoms with Crippen LogP contribution in [0.25, 0.3) is 0 Å². The zero-order valence-electron chi connectivity index (χ0n) is 10.2. The third-order valence-corrected chi connectivity index (χ3v) is 3.83. The fourth-order valence-corrected chi connectivity index (χ4v) is 2.28. The number of hydrogen-bond acceptors (Lipinski definition) is 3. The number of nitrogens with one attached hydrogen (secondary N) is 1. The third-order valence-electron chi connectivity index (χ3n) is 3.83. The van der Waals surface area contributed by atoms with Crippen LogP contribution >= 0.6 is 0 Å². The Balaban J connectivity index is 1.69. The Morgan fingerprint density at radius 1 is 1.47 bits per heavy atom. The van der Waals surface area contributed by atoms with E-state index in [1.807, 2.05) is 4.57 Å². The zero-order chi connectivity index (χ0) is 11.8. The summed E-state index contributed by atoms with van der Waals surface area (Å²) in [5.74, 6) is 2.02. The minimum absolute atomic E-state index is 0.0398. The lowest BCUT2D eigenvalue weighted by atomic mass is 10.1. The smallest absolute Gasteiger partial charge is 0.293 e. The molecule has 2 fully saturated rings. The minimum Gasteiger partial charge on any atom is -0.365 e. The Morgan fingerprint density at radius 2 is 2.24 bits per heavy atom. The summed E-state index contributed by atoms with van der Waals surface area (Å²) in [5, 5.41) is 3.21. The van der Waals surface area contributed by atoms with Gasteiger partial charge in [-0.15, -0.1) is 0 Å². The van der Waals surface area contributed by atoms with Crippen molar-refractivity contribution in [1.82, 2.24) is 9.55 Å². The van der Waals surface area contributed by atoms with Crippen LogP contribution in [-0.4, -0.2) is 16.1 Å². The van der Waals surface area contributed by atoms with Gasteiger partial charge in [-0.05, 0) is 37.5 Å². The van der Waals surface area contributed by atoms with E-state index in [0.29, 0.717) is 17.8 Å². The average Bonchev–Trinajstić information content (AvgIpc) is 3.18. The van der Waals surface area contributed by atoms with E-state index in [1.54, 1.807) is 12.4 Å². The van der Waals surface area contributed by atoms with Gasteiger partial charge in [0.2, 0.25) is 0 Å². The van der Waals surface area contributed by atoms with Crippen LogP contribution in [0.1, 0.15) is 38.6 Å². The molecule has 1 atom stereocenters. The van der Waals surface area contributed by atoms with Crippen LogP contribution in [0.15, 0.2) is 17.2 Å². The fraction of sp³-hybridized carbons (Fsp3) is 0.692. The predicted molar refractivity (Wildman–Crippen MR) is 67.1 cm³/mol. The summed E-state index contributed by atoms with van der Waals surface area (Å²) in [6.07, 6.45) is 8.47. The first-order chi connectivity index (χ1) is 8.25. The monoisotopic (exact) mass is 233 g/mol. The highest BCUT2D eigenvalue weighted by Gasteiger charge is 2.28. The van der Waals surface area contributed by atoms with Gasteiger partial charge in [-0.25, -0.2) is 4.98 Å². The summed E-state index contributed by atoms with van der Waals surface area (Å²) in [6.45, 7) is 3.11. The van der Waals surface area contributed by atoms with Gasteiger partial charge in [0, 0.05) is 25.0 Å². The molecule has 92 valence electrons. The first-order valence-electron chi connectivity index (χ1n) is 6.56. The molecule has 0 amide bonds. The van der Waals surface area contributed by atoms with Crippen molar-refractivity contribution in [1.29, 1.82) is 0 Å². The second kappa shape index (κ2) is 4.17. The van der Waals surface area contributed by atoms with Gasteiger partial charge in [-0.2, -0.15) is 0 Å². The molecule has 4 heteroatoms. The molecule has 2 aliphatic rings. The molecule has 0 bridgehead atoms. The molecule has 2 aliphatic carbocycles. The van der Waals surface area contributed by atoms with E-state index < -0.39 is 0 Å². The van der Waals surface area contributed by atoms with E-state index >= 15 is 0 Å². The van der Waals surface area contributed by atoms with E-state index in [9.17, 15) is 4.79 Å². The van der Waals surface area contributed by atoms with Crippen LogP contribution in [0.4, 0.5) is 5.82 Å². The minimum atomic E-state index is 0.0398. The van der Waals surface area contributed by atoms with Crippen LogP contribution < -0.4 is 10.9 Å². The van der Waals surface area contributed by atoms with Crippen LogP contribution in [0.5, 0.6) is 0 Å². The van der Waals surface area contributed by atoms with Crippen molar-refractivity contribution in [2.24, 2.45) is 11.8 Å². The molecule has 1 aromatic heterocycles. The predicted octanol–water partition coefficient (Wildman–Crippen LogP) is 2.04. The van der Waals surface area contributed by atoms with Gasteiger partial charge < -0.3 is 9.88 Å². The van der Waals surface area contributed by atoms with E-state index in [4.69, 9.17) is 0 Å². The molecular formula is C13H19N3O. The lowest BCUT2D eigenvalue weighted by Crippen LogP contribution is -2.25. The first kappa shape index (κ1) is 10.8. The van der Waals surface area contributed by atoms with E-state index in [1.165, 1.54) is 12.8 Å². The maximum absolute atomic E-state index is 12.1. The van der Waals surface area contributed by atoms with Crippen molar-refractivity contribution in [2.45, 2.75) is 38.6 Å². The molecule has 1 aromatic rings. The van der Waals surface area contributed by atoms with Crippen LogP contribution in [0.2, 0.25) is 0 Å². The topological polar surface area (TPSA) is 46.9 Å². The quantitative estimate of drug-likeness (QED) is 0.846. The third kappa shape index (κ3) is 2.35. The van der Waals surface area contributed by atoms with Crippen LogP contribution in [0, 0.1) is 11.8 Å². The SMILES string of the molecule is CC(CNc1nccn(C2CC2)c1=O)C1CC1. The van der Waals surface area contributed by atoms with Crippen LogP contribution in [-0.2, 0) is 0 Å². The molecule has 0 aromatic carbocycles. The van der Waals surface area contributed by atoms with Crippen molar-refractivity contribution in [2.75, 3.05) is 11.9 Å². The van der Waals surface area contributed by atoms with Gasteiger partial charge in [0.25, 0.3) is 5.56 Å². The lowest BCUT2D eigenvalue weighted by Gasteiger charge is -2.12. The normalized spacial score (nSPS) is 21.2. The maximum atomic E-state index is 12.1. The Morgan fingerprint density at radius 3 is 2.88 bits per heavy atom. The van der Waals surface area contributed by atoms with Gasteiger partial charge in [0.05, 0.1) is 0 Å². The number of rotatable bonds is 5. The Bertz CT molecular complexity index is 460. The van der Waals surface area contributed by atoms with Crippen molar-refractivity contribution in [3.05, 3.63) is 22.7 Å². The van der Waals surface area contributed by atoms with E-state index in [2.05, 4.69) is 17.2 Å². The summed E-state index contributed by atoms with van der Waals surface area (Å²) in [6, 6.07) is 0.423. The standard InChI is InChI=1S/C13H19N3O/c1-9(10-2-3-10)8-15-12-13(17)16(7-6-14-12)11-4-5-11/h6-7,9-11H,2-5,8H2,1H3,(H,14,15). The van der Waals surface area contributed by atoms with E-state index in [-0.39, 0.29) is 5.56 Å². The molecule has 0 radical (unpaired) electrons. The first-order valence-corrected chi connectivity index (χ1v) is 6.56. The zero-order valence-corrected chi connectivity index (χ0v) is 10.2. The Hall–Kier alpha value is -1.32. The molecule has 0 saturated heterocycles. The molecular weight excluding hydrogens is 214 g/mol. The molecule has 4 nitrogen and oxygen atoms in total. The van der Waals surface area contributed by atoms with Crippen molar-refractivity contribution >= 4 is 5.82 Å². The molecule has 1 heterocycles. The van der Waals surface area contributed by atoms with Crippen LogP contribution in [0.3, 0.4) is 0 Å². The molecule has 17 heavy (non-hydrogen) atoms. The highest BCUT2D eigenvalue weighted by Crippen LogP contribution is 2.36. The summed E-state index contributed by atoms with van der Waals surface area (Å²) in [7, 11) is 0. The molecule has 3 rings (SSSR count). The fourth-order valence-electron chi connectivity index (χ4n) is 2.28. The summed E-state index contributed by atoms with van der Waals surface area (Å²) in [4.78, 5) is 16.2. The molecule has 1 unspecified atom stereocenters. The van der Waals surface area contributed by atoms with Gasteiger partial charge >= 0.3 is 0 Å². The summed E-state index contributed by atoms with van der Waals surface area (Å²) >= 11 is 0. The Labute approximate surface area is 101 Å². The molecule has 2 saturated carbocycles. The van der Waals surface area contributed by atoms with Crippen molar-refractivity contribution in [3.8, 4) is 0 Å². The van der Waals surface area contributed by atoms with Gasteiger partial charge in [0.15, 0.2) is 5.82 Å². The van der Waals surface area contributed by atoms with Gasteiger partial charge in [-0.1, -0.05) is 6.92 Å². The number of aromatic nitrogens is 2. The van der Waals surface area contributed by atoms with E-state index in [0.717, 1.165) is 25.3 Å². The molecule has 0 spiro atoms. The summed E-state index contributed by atoms with van der Waals surface area (Å²) in [5.41, 5.74) is 0.0398. The molecule has 1 N–H and O–H groups in total. The summed E-state index contributed by atoms with van der Waals surface area (Å²) < 4.78 is 1.82. The van der Waals surface area contributed by atoms with Gasteiger partial charge in [-0.3, -0.25) is 4.79 Å². The van der Waals surface area contributed by atoms with Gasteiger partial charge in [0.1, 0.15) is 0 Å². The number of nitrogens with zero attached hydrogens (tertiary/aromatic N) is 2. The average molecular weight is 233 g/mol. The lowest BCUT2D eigenvalue weighted by molar-refractivity contribution is 0.535. The maximum Gasteiger partial charge on any atom is 0.293 e. The van der Waals surface area contributed by atoms with Crippen molar-refractivity contribution < 1.29 is 0 Å². The Kier molecular flexibility index (Phi) is 2.65. The highest BCUT2D eigenvalue weighted by molar-refractivity contribution is 5.31. The highest BCUT2D eigenvalue weighted by atomic mass is 16.1. The molecule has 0 aliphatic heterocycles. The second-order valence-electron chi connectivity index (χ2n) is 5.42. The number of hydrogen-bond donors (Lipinski definition) is 1. The number of anilines is 1.